The van der Waals surface area contributed by atoms with Crippen LogP contribution in [-0.4, -0.2) is 22.0 Å². The molecule has 0 aliphatic heterocycles. The topological polar surface area (TPSA) is 43.6 Å². The zero-order valence-electron chi connectivity index (χ0n) is 10.7. The third-order valence-corrected chi connectivity index (χ3v) is 2.15. The lowest BCUT2D eigenvalue weighted by molar-refractivity contribution is 0.0517. The first-order chi connectivity index (χ1) is 8.22. The molecule has 0 aromatic carbocycles. The number of aryl methyl sites for hydroxylation is 1. The van der Waals surface area contributed by atoms with Gasteiger partial charge in [-0.05, 0) is 31.5 Å². The molecule has 0 N–H and O–H groups in total. The van der Waals surface area contributed by atoms with E-state index in [0.717, 1.165) is 11.1 Å². The predicted octanol–water partition coefficient (Wildman–Crippen LogP) is 2.85. The molecule has 2 aromatic heterocycles. The van der Waals surface area contributed by atoms with E-state index in [4.69, 9.17) is 4.74 Å². The number of pyridine rings is 1. The van der Waals surface area contributed by atoms with Gasteiger partial charge < -0.3 is 4.74 Å². The lowest BCUT2D eigenvalue weighted by atomic mass is 10.2. The number of aromatic nitrogens is 2. The Morgan fingerprint density at radius 1 is 1.41 bits per heavy atom. The van der Waals surface area contributed by atoms with E-state index in [2.05, 4.69) is 4.98 Å². The summed E-state index contributed by atoms with van der Waals surface area (Å²) >= 11 is 0. The number of fused-ring (bicyclic) bond motifs is 1. The molecule has 2 aromatic rings. The summed E-state index contributed by atoms with van der Waals surface area (Å²) in [7, 11) is 0. The highest BCUT2D eigenvalue weighted by Gasteiger charge is 2.11. The van der Waals surface area contributed by atoms with E-state index in [0.29, 0.717) is 12.3 Å². The second-order valence-electron chi connectivity index (χ2n) is 3.33. The van der Waals surface area contributed by atoms with Crippen LogP contribution in [0.2, 0.25) is 0 Å². The van der Waals surface area contributed by atoms with Crippen molar-refractivity contribution in [3.63, 3.8) is 0 Å². The number of carbonyl (C=O) groups excluding carboxylic acids is 1. The van der Waals surface area contributed by atoms with Crippen LogP contribution in [0.3, 0.4) is 0 Å². The first kappa shape index (κ1) is 13.2. The number of rotatable bonds is 2. The molecule has 0 saturated heterocycles. The van der Waals surface area contributed by atoms with Gasteiger partial charge in [0.2, 0.25) is 0 Å². The van der Waals surface area contributed by atoms with Crippen LogP contribution < -0.4 is 0 Å². The highest BCUT2D eigenvalue weighted by Crippen LogP contribution is 2.11. The van der Waals surface area contributed by atoms with E-state index in [1.54, 1.807) is 29.9 Å². The molecule has 2 rings (SSSR count). The average Bonchev–Trinajstić information content (AvgIpc) is 2.78. The van der Waals surface area contributed by atoms with Crippen molar-refractivity contribution in [3.05, 3.63) is 35.9 Å². The number of esters is 1. The molecule has 2 heterocycles. The molecule has 4 nitrogen and oxygen atoms in total. The summed E-state index contributed by atoms with van der Waals surface area (Å²) in [4.78, 5) is 15.6. The van der Waals surface area contributed by atoms with Gasteiger partial charge in [0.25, 0.3) is 0 Å². The first-order valence-electron chi connectivity index (χ1n) is 5.82. The molecule has 0 fully saturated rings. The minimum absolute atomic E-state index is 0.316. The van der Waals surface area contributed by atoms with Gasteiger partial charge in [0.15, 0.2) is 0 Å². The quantitative estimate of drug-likeness (QED) is 0.750. The van der Waals surface area contributed by atoms with Crippen LogP contribution in [0.15, 0.2) is 24.7 Å². The lowest BCUT2D eigenvalue weighted by Crippen LogP contribution is -2.10. The summed E-state index contributed by atoms with van der Waals surface area (Å²) < 4.78 is 6.70. The molecule has 4 heteroatoms. The van der Waals surface area contributed by atoms with E-state index >= 15 is 0 Å². The molecule has 0 saturated carbocycles. The highest BCUT2D eigenvalue weighted by molar-refractivity contribution is 5.88. The second kappa shape index (κ2) is 6.03. The lowest BCUT2D eigenvalue weighted by Gasteiger charge is -2.06. The van der Waals surface area contributed by atoms with Gasteiger partial charge in [-0.1, -0.05) is 13.8 Å². The van der Waals surface area contributed by atoms with Crippen molar-refractivity contribution in [1.82, 2.24) is 9.38 Å². The largest absolute Gasteiger partial charge is 0.461 e. The molecule has 0 atom stereocenters. The van der Waals surface area contributed by atoms with Gasteiger partial charge in [-0.25, -0.2) is 9.78 Å². The Balaban J connectivity index is 0.000000686. The summed E-state index contributed by atoms with van der Waals surface area (Å²) in [6.07, 6.45) is 3.33. The molecule has 0 bridgehead atoms. The molecule has 0 radical (unpaired) electrons. The summed E-state index contributed by atoms with van der Waals surface area (Å²) in [5.74, 6) is -0.316. The first-order valence-corrected chi connectivity index (χ1v) is 5.82. The van der Waals surface area contributed by atoms with Crippen LogP contribution in [0.25, 0.3) is 5.52 Å². The number of hydrogen-bond acceptors (Lipinski definition) is 3. The summed E-state index contributed by atoms with van der Waals surface area (Å²) in [6.45, 7) is 8.11. The maximum Gasteiger partial charge on any atom is 0.355 e. The van der Waals surface area contributed by atoms with Crippen molar-refractivity contribution in [3.8, 4) is 0 Å². The van der Waals surface area contributed by atoms with Crippen molar-refractivity contribution in [2.45, 2.75) is 27.7 Å². The fourth-order valence-electron chi connectivity index (χ4n) is 1.54. The Hall–Kier alpha value is -1.84. The molecular weight excluding hydrogens is 216 g/mol. The normalized spacial score (nSPS) is 9.65. The average molecular weight is 234 g/mol. The van der Waals surface area contributed by atoms with E-state index in [1.807, 2.05) is 26.8 Å². The van der Waals surface area contributed by atoms with Crippen molar-refractivity contribution >= 4 is 11.5 Å². The van der Waals surface area contributed by atoms with Crippen LogP contribution in [-0.2, 0) is 4.74 Å². The third-order valence-electron chi connectivity index (χ3n) is 2.15. The van der Waals surface area contributed by atoms with Gasteiger partial charge in [-0.15, -0.1) is 0 Å². The maximum atomic E-state index is 11.6. The maximum absolute atomic E-state index is 11.6. The number of ether oxygens (including phenoxy) is 1. The summed E-state index contributed by atoms with van der Waals surface area (Å²) in [5, 5.41) is 0. The minimum atomic E-state index is -0.316. The molecule has 0 aliphatic rings. The molecule has 0 spiro atoms. The van der Waals surface area contributed by atoms with E-state index in [9.17, 15) is 4.79 Å². The fourth-order valence-corrected chi connectivity index (χ4v) is 1.54. The van der Waals surface area contributed by atoms with Crippen molar-refractivity contribution in [1.29, 1.82) is 0 Å². The van der Waals surface area contributed by atoms with E-state index < -0.39 is 0 Å². The summed E-state index contributed by atoms with van der Waals surface area (Å²) in [5.41, 5.74) is 2.44. The zero-order valence-corrected chi connectivity index (χ0v) is 10.7. The van der Waals surface area contributed by atoms with E-state index in [1.165, 1.54) is 0 Å². The Labute approximate surface area is 101 Å². The molecule has 17 heavy (non-hydrogen) atoms. The monoisotopic (exact) mass is 234 g/mol. The number of carbonyl (C=O) groups is 1. The molecule has 92 valence electrons. The Morgan fingerprint density at radius 3 is 2.76 bits per heavy atom. The number of nitrogens with zero attached hydrogens (tertiary/aromatic N) is 2. The fraction of sp³-hybridized carbons (Fsp3) is 0.385. The molecular formula is C13H18N2O2. The van der Waals surface area contributed by atoms with Crippen LogP contribution >= 0.6 is 0 Å². The second-order valence-corrected chi connectivity index (χ2v) is 3.33. The number of imidazole rings is 1. The molecule has 0 unspecified atom stereocenters. The Kier molecular flexibility index (Phi) is 4.69. The van der Waals surface area contributed by atoms with Gasteiger partial charge in [0, 0.05) is 0 Å². The standard InChI is InChI=1S/C11H12N2O2.C2H6/c1-3-15-11(14)10-5-8(2)4-9-6-12-7-13(9)10;1-2/h4-7H,3H2,1-2H3;1-2H3. The Morgan fingerprint density at radius 2 is 2.12 bits per heavy atom. The van der Waals surface area contributed by atoms with E-state index in [-0.39, 0.29) is 5.97 Å². The predicted molar refractivity (Wildman–Crippen MR) is 67.2 cm³/mol. The Bertz CT molecular complexity index is 503. The molecule has 0 aliphatic carbocycles. The third kappa shape index (κ3) is 2.84. The van der Waals surface area contributed by atoms with Crippen LogP contribution in [0.4, 0.5) is 0 Å². The number of hydrogen-bond donors (Lipinski definition) is 0. The zero-order chi connectivity index (χ0) is 12.8. The van der Waals surface area contributed by atoms with Gasteiger partial charge in [-0.3, -0.25) is 4.40 Å². The van der Waals surface area contributed by atoms with Crippen molar-refractivity contribution in [2.24, 2.45) is 0 Å². The van der Waals surface area contributed by atoms with Gasteiger partial charge in [-0.2, -0.15) is 0 Å². The minimum Gasteiger partial charge on any atom is -0.461 e. The van der Waals surface area contributed by atoms with Crippen LogP contribution in [0.5, 0.6) is 0 Å². The van der Waals surface area contributed by atoms with Crippen LogP contribution in [0, 0.1) is 6.92 Å². The smallest absolute Gasteiger partial charge is 0.355 e. The van der Waals surface area contributed by atoms with Gasteiger partial charge >= 0.3 is 5.97 Å². The van der Waals surface area contributed by atoms with Crippen LogP contribution in [0.1, 0.15) is 36.8 Å². The van der Waals surface area contributed by atoms with Gasteiger partial charge in [0.1, 0.15) is 5.69 Å². The summed E-state index contributed by atoms with van der Waals surface area (Å²) in [6, 6.07) is 3.77. The van der Waals surface area contributed by atoms with Crippen molar-refractivity contribution in [2.75, 3.05) is 6.61 Å². The van der Waals surface area contributed by atoms with Crippen molar-refractivity contribution < 1.29 is 9.53 Å². The SMILES string of the molecule is CC.CCOC(=O)c1cc(C)cc2cncn12. The van der Waals surface area contributed by atoms with Gasteiger partial charge in [0.05, 0.1) is 24.6 Å². The highest BCUT2D eigenvalue weighted by atomic mass is 16.5. The molecule has 0 amide bonds.